The van der Waals surface area contributed by atoms with E-state index in [9.17, 15) is 9.90 Å². The summed E-state index contributed by atoms with van der Waals surface area (Å²) < 4.78 is 0. The Bertz CT molecular complexity index is 764. The number of amides is 1. The third kappa shape index (κ3) is 2.97. The number of phenolic OH excluding ortho intramolecular Hbond substituents is 1. The summed E-state index contributed by atoms with van der Waals surface area (Å²) in [5, 5.41) is 18.2. The highest BCUT2D eigenvalue weighted by Crippen LogP contribution is 2.32. The molecule has 0 radical (unpaired) electrons. The SMILES string of the molecule is CC(=O)N1CCN(c2cc(-c3ccccc3O)nnc2N)C[C@H]1C. The highest BCUT2D eigenvalue weighted by molar-refractivity contribution is 5.76. The first-order valence-electron chi connectivity index (χ1n) is 7.91. The minimum absolute atomic E-state index is 0.0814. The predicted octanol–water partition coefficient (Wildman–Crippen LogP) is 1.49. The number of phenols is 1. The first-order valence-corrected chi connectivity index (χ1v) is 7.91. The summed E-state index contributed by atoms with van der Waals surface area (Å²) in [4.78, 5) is 15.6. The van der Waals surface area contributed by atoms with Crippen LogP contribution in [0.5, 0.6) is 5.75 Å². The van der Waals surface area contributed by atoms with Crippen molar-refractivity contribution >= 4 is 17.4 Å². The number of rotatable bonds is 2. The maximum Gasteiger partial charge on any atom is 0.219 e. The van der Waals surface area contributed by atoms with Crippen LogP contribution in [0, 0.1) is 0 Å². The molecule has 0 spiro atoms. The zero-order valence-corrected chi connectivity index (χ0v) is 13.8. The molecule has 1 aliphatic rings. The molecule has 1 amide bonds. The minimum Gasteiger partial charge on any atom is -0.507 e. The van der Waals surface area contributed by atoms with Crippen molar-refractivity contribution in [2.24, 2.45) is 0 Å². The number of nitrogens with two attached hydrogens (primary N) is 1. The minimum atomic E-state index is 0.0814. The molecule has 1 aromatic carbocycles. The number of para-hydroxylation sites is 1. The monoisotopic (exact) mass is 327 g/mol. The Morgan fingerprint density at radius 3 is 2.71 bits per heavy atom. The fraction of sp³-hybridized carbons (Fsp3) is 0.353. The zero-order valence-electron chi connectivity index (χ0n) is 13.8. The van der Waals surface area contributed by atoms with Crippen molar-refractivity contribution in [2.75, 3.05) is 30.3 Å². The van der Waals surface area contributed by atoms with Gasteiger partial charge in [0.2, 0.25) is 5.91 Å². The highest BCUT2D eigenvalue weighted by Gasteiger charge is 2.27. The molecule has 24 heavy (non-hydrogen) atoms. The van der Waals surface area contributed by atoms with E-state index in [1.165, 1.54) is 0 Å². The normalized spacial score (nSPS) is 17.8. The number of carbonyl (C=O) groups excluding carboxylic acids is 1. The van der Waals surface area contributed by atoms with E-state index in [1.54, 1.807) is 25.1 Å². The van der Waals surface area contributed by atoms with Gasteiger partial charge in [0.25, 0.3) is 0 Å². The van der Waals surface area contributed by atoms with Crippen LogP contribution in [0.25, 0.3) is 11.3 Å². The Morgan fingerprint density at radius 2 is 2.04 bits per heavy atom. The third-order valence-corrected chi connectivity index (χ3v) is 4.35. The molecule has 7 heteroatoms. The number of nitrogens with zero attached hydrogens (tertiary/aromatic N) is 4. The van der Waals surface area contributed by atoms with E-state index in [2.05, 4.69) is 15.1 Å². The molecule has 7 nitrogen and oxygen atoms in total. The van der Waals surface area contributed by atoms with E-state index < -0.39 is 0 Å². The van der Waals surface area contributed by atoms with Gasteiger partial charge in [0.05, 0.1) is 11.4 Å². The number of aromatic nitrogens is 2. The first-order chi connectivity index (χ1) is 11.5. The largest absolute Gasteiger partial charge is 0.507 e. The van der Waals surface area contributed by atoms with Gasteiger partial charge in [-0.25, -0.2) is 0 Å². The molecule has 0 saturated carbocycles. The Kier molecular flexibility index (Phi) is 4.24. The Morgan fingerprint density at radius 1 is 1.29 bits per heavy atom. The average Bonchev–Trinajstić information content (AvgIpc) is 2.55. The predicted molar refractivity (Wildman–Crippen MR) is 92.6 cm³/mol. The molecular weight excluding hydrogens is 306 g/mol. The third-order valence-electron chi connectivity index (χ3n) is 4.35. The molecule has 0 aliphatic carbocycles. The van der Waals surface area contributed by atoms with Crippen LogP contribution in [0.2, 0.25) is 0 Å². The molecule has 1 aromatic heterocycles. The summed E-state index contributed by atoms with van der Waals surface area (Å²) in [5.41, 5.74) is 7.98. The number of hydrogen-bond donors (Lipinski definition) is 2. The number of anilines is 2. The molecule has 1 fully saturated rings. The van der Waals surface area contributed by atoms with Gasteiger partial charge in [-0.15, -0.1) is 10.2 Å². The second-order valence-corrected chi connectivity index (χ2v) is 6.02. The fourth-order valence-electron chi connectivity index (χ4n) is 3.11. The molecule has 0 bridgehead atoms. The number of nitrogen functional groups attached to an aromatic ring is 1. The smallest absolute Gasteiger partial charge is 0.219 e. The summed E-state index contributed by atoms with van der Waals surface area (Å²) in [5.74, 6) is 0.577. The Labute approximate surface area is 140 Å². The van der Waals surface area contributed by atoms with Gasteiger partial charge in [-0.3, -0.25) is 4.79 Å². The van der Waals surface area contributed by atoms with Crippen LogP contribution >= 0.6 is 0 Å². The number of piperazine rings is 1. The van der Waals surface area contributed by atoms with Gasteiger partial charge in [-0.2, -0.15) is 0 Å². The molecular formula is C17H21N5O2. The quantitative estimate of drug-likeness (QED) is 0.867. The van der Waals surface area contributed by atoms with E-state index >= 15 is 0 Å². The van der Waals surface area contributed by atoms with Crippen LogP contribution in [0.15, 0.2) is 30.3 Å². The maximum atomic E-state index is 11.6. The number of hydrogen-bond acceptors (Lipinski definition) is 6. The van der Waals surface area contributed by atoms with E-state index in [0.717, 1.165) is 5.69 Å². The lowest BCUT2D eigenvalue weighted by molar-refractivity contribution is -0.131. The molecule has 3 rings (SSSR count). The van der Waals surface area contributed by atoms with Crippen LogP contribution in [-0.4, -0.2) is 51.8 Å². The zero-order chi connectivity index (χ0) is 17.3. The summed E-state index contributed by atoms with van der Waals surface area (Å²) in [7, 11) is 0. The van der Waals surface area contributed by atoms with Crippen LogP contribution < -0.4 is 10.6 Å². The number of benzene rings is 1. The fourth-order valence-corrected chi connectivity index (χ4v) is 3.11. The van der Waals surface area contributed by atoms with Crippen molar-refractivity contribution in [1.82, 2.24) is 15.1 Å². The molecule has 0 unspecified atom stereocenters. The van der Waals surface area contributed by atoms with Crippen LogP contribution in [0.4, 0.5) is 11.5 Å². The van der Waals surface area contributed by atoms with Crippen LogP contribution in [0.1, 0.15) is 13.8 Å². The summed E-state index contributed by atoms with van der Waals surface area (Å²) >= 11 is 0. The Hall–Kier alpha value is -2.83. The van der Waals surface area contributed by atoms with Gasteiger partial charge in [0.1, 0.15) is 5.75 Å². The lowest BCUT2D eigenvalue weighted by Crippen LogP contribution is -2.53. The second-order valence-electron chi connectivity index (χ2n) is 6.02. The summed E-state index contributed by atoms with van der Waals surface area (Å²) in [6.07, 6.45) is 0. The Balaban J connectivity index is 1.91. The second kappa shape index (κ2) is 6.35. The van der Waals surface area contributed by atoms with Gasteiger partial charge in [-0.1, -0.05) is 12.1 Å². The lowest BCUT2D eigenvalue weighted by Gasteiger charge is -2.40. The van der Waals surface area contributed by atoms with E-state index in [-0.39, 0.29) is 17.7 Å². The number of aromatic hydroxyl groups is 1. The van der Waals surface area contributed by atoms with Crippen molar-refractivity contribution in [1.29, 1.82) is 0 Å². The van der Waals surface area contributed by atoms with Crippen molar-refractivity contribution < 1.29 is 9.90 Å². The van der Waals surface area contributed by atoms with E-state index in [1.807, 2.05) is 24.0 Å². The van der Waals surface area contributed by atoms with E-state index in [4.69, 9.17) is 5.73 Å². The summed E-state index contributed by atoms with van der Waals surface area (Å²) in [6, 6.07) is 8.93. The van der Waals surface area contributed by atoms with Gasteiger partial charge < -0.3 is 20.6 Å². The molecule has 1 aliphatic heterocycles. The molecule has 2 heterocycles. The lowest BCUT2D eigenvalue weighted by atomic mass is 10.1. The van der Waals surface area contributed by atoms with Gasteiger partial charge in [-0.05, 0) is 25.1 Å². The van der Waals surface area contributed by atoms with Crippen LogP contribution in [0.3, 0.4) is 0 Å². The first kappa shape index (κ1) is 16.0. The molecule has 1 saturated heterocycles. The molecule has 2 aromatic rings. The maximum absolute atomic E-state index is 11.6. The van der Waals surface area contributed by atoms with Crippen molar-refractivity contribution in [3.05, 3.63) is 30.3 Å². The van der Waals surface area contributed by atoms with Gasteiger partial charge in [0, 0.05) is 38.2 Å². The molecule has 1 atom stereocenters. The highest BCUT2D eigenvalue weighted by atomic mass is 16.3. The van der Waals surface area contributed by atoms with Crippen molar-refractivity contribution in [3.8, 4) is 17.0 Å². The van der Waals surface area contributed by atoms with Crippen molar-refractivity contribution in [2.45, 2.75) is 19.9 Å². The average molecular weight is 327 g/mol. The topological polar surface area (TPSA) is 95.6 Å². The standard InChI is InChI=1S/C17H21N5O2/c1-11-10-21(7-8-22(11)12(2)23)15-9-14(19-20-17(15)18)13-5-3-4-6-16(13)24/h3-6,9,11,24H,7-8,10H2,1-2H3,(H2,18,20)/t11-/m1/s1. The molecule has 3 N–H and O–H groups in total. The van der Waals surface area contributed by atoms with Crippen molar-refractivity contribution in [3.63, 3.8) is 0 Å². The number of carbonyl (C=O) groups is 1. The van der Waals surface area contributed by atoms with E-state index in [0.29, 0.717) is 36.7 Å². The van der Waals surface area contributed by atoms with Gasteiger partial charge in [0.15, 0.2) is 5.82 Å². The van der Waals surface area contributed by atoms with Crippen LogP contribution in [-0.2, 0) is 4.79 Å². The van der Waals surface area contributed by atoms with Gasteiger partial charge >= 0.3 is 0 Å². The molecule has 126 valence electrons. The summed E-state index contributed by atoms with van der Waals surface area (Å²) in [6.45, 7) is 5.60.